The van der Waals surface area contributed by atoms with Crippen LogP contribution in [0, 0.1) is 11.7 Å². The van der Waals surface area contributed by atoms with E-state index < -0.39 is 0 Å². The number of hydrogen-bond acceptors (Lipinski definition) is 3. The first kappa shape index (κ1) is 14.3. The number of carbonyl (C=O) groups is 1. The van der Waals surface area contributed by atoms with Crippen molar-refractivity contribution in [1.29, 1.82) is 0 Å². The van der Waals surface area contributed by atoms with Crippen molar-refractivity contribution in [2.75, 3.05) is 19.7 Å². The number of carbonyl (C=O) groups excluding carboxylic acids is 1. The maximum absolute atomic E-state index is 13.9. The van der Waals surface area contributed by atoms with Crippen molar-refractivity contribution in [2.45, 2.75) is 31.7 Å². The van der Waals surface area contributed by atoms with Crippen molar-refractivity contribution in [3.05, 3.63) is 29.6 Å². The third-order valence-corrected chi connectivity index (χ3v) is 4.28. The molecule has 1 unspecified atom stereocenters. The largest absolute Gasteiger partial charge is 0.490 e. The van der Waals surface area contributed by atoms with Crippen LogP contribution in [0.5, 0.6) is 5.75 Å². The van der Waals surface area contributed by atoms with Gasteiger partial charge in [0.05, 0.1) is 12.6 Å². The summed E-state index contributed by atoms with van der Waals surface area (Å²) in [7, 11) is 0. The van der Waals surface area contributed by atoms with Gasteiger partial charge >= 0.3 is 0 Å². The molecule has 2 N–H and O–H groups in total. The zero-order valence-electron chi connectivity index (χ0n) is 12.0. The summed E-state index contributed by atoms with van der Waals surface area (Å²) in [5.41, 5.74) is 0.759. The molecule has 0 radical (unpaired) electrons. The highest BCUT2D eigenvalue weighted by Crippen LogP contribution is 2.33. The highest BCUT2D eigenvalue weighted by Gasteiger charge is 2.27. The molecule has 1 amide bonds. The van der Waals surface area contributed by atoms with Gasteiger partial charge in [-0.05, 0) is 44.8 Å². The van der Waals surface area contributed by atoms with Crippen LogP contribution in [0.25, 0.3) is 0 Å². The number of rotatable bonds is 2. The van der Waals surface area contributed by atoms with E-state index in [2.05, 4.69) is 10.6 Å². The molecule has 1 aromatic carbocycles. The number of para-hydroxylation sites is 1. The Kier molecular flexibility index (Phi) is 4.39. The molecule has 0 spiro atoms. The van der Waals surface area contributed by atoms with E-state index in [1.807, 2.05) is 6.07 Å². The van der Waals surface area contributed by atoms with E-state index in [1.165, 1.54) is 6.07 Å². The third-order valence-electron chi connectivity index (χ3n) is 4.28. The standard InChI is InChI=1S/C16H21FN2O2/c17-13-4-1-3-12-14(5-2-10-21-15(12)13)19-16(20)11-6-8-18-9-7-11/h1,3-4,11,14,18H,2,5-10H2,(H,19,20). The fraction of sp³-hybridized carbons (Fsp3) is 0.562. The van der Waals surface area contributed by atoms with Crippen LogP contribution in [0.15, 0.2) is 18.2 Å². The maximum Gasteiger partial charge on any atom is 0.223 e. The Balaban J connectivity index is 1.76. The fourth-order valence-electron chi connectivity index (χ4n) is 3.09. The van der Waals surface area contributed by atoms with Gasteiger partial charge < -0.3 is 15.4 Å². The summed E-state index contributed by atoms with van der Waals surface area (Å²) < 4.78 is 19.4. The van der Waals surface area contributed by atoms with Gasteiger partial charge in [-0.1, -0.05) is 12.1 Å². The molecule has 21 heavy (non-hydrogen) atoms. The van der Waals surface area contributed by atoms with Crippen molar-refractivity contribution in [3.63, 3.8) is 0 Å². The second-order valence-electron chi connectivity index (χ2n) is 5.73. The first-order valence-electron chi connectivity index (χ1n) is 7.68. The maximum atomic E-state index is 13.9. The summed E-state index contributed by atoms with van der Waals surface area (Å²) in [5.74, 6) is 0.0900. The Morgan fingerprint density at radius 2 is 2.10 bits per heavy atom. The molecule has 0 aromatic heterocycles. The van der Waals surface area contributed by atoms with Crippen LogP contribution in [0.1, 0.15) is 37.3 Å². The van der Waals surface area contributed by atoms with Crippen LogP contribution in [0.3, 0.4) is 0 Å². The molecular formula is C16H21FN2O2. The van der Waals surface area contributed by atoms with Gasteiger partial charge in [0.15, 0.2) is 11.6 Å². The van der Waals surface area contributed by atoms with Crippen molar-refractivity contribution in [1.82, 2.24) is 10.6 Å². The van der Waals surface area contributed by atoms with Crippen LogP contribution < -0.4 is 15.4 Å². The summed E-state index contributed by atoms with van der Waals surface area (Å²) in [4.78, 5) is 12.4. The van der Waals surface area contributed by atoms with Crippen molar-refractivity contribution >= 4 is 5.91 Å². The van der Waals surface area contributed by atoms with Gasteiger partial charge in [0.25, 0.3) is 0 Å². The number of nitrogens with one attached hydrogen (secondary N) is 2. The second-order valence-corrected chi connectivity index (χ2v) is 5.73. The molecule has 4 nitrogen and oxygen atoms in total. The Morgan fingerprint density at radius 3 is 2.90 bits per heavy atom. The van der Waals surface area contributed by atoms with Gasteiger partial charge in [0.2, 0.25) is 5.91 Å². The summed E-state index contributed by atoms with van der Waals surface area (Å²) in [6.45, 7) is 2.27. The van der Waals surface area contributed by atoms with Crippen molar-refractivity contribution < 1.29 is 13.9 Å². The number of piperidine rings is 1. The summed E-state index contributed by atoms with van der Waals surface area (Å²) in [6.07, 6.45) is 3.33. The lowest BCUT2D eigenvalue weighted by molar-refractivity contribution is -0.126. The zero-order chi connectivity index (χ0) is 14.7. The average molecular weight is 292 g/mol. The minimum absolute atomic E-state index is 0.0624. The lowest BCUT2D eigenvalue weighted by Gasteiger charge is -2.25. The van der Waals surface area contributed by atoms with Gasteiger partial charge in [-0.3, -0.25) is 4.79 Å². The molecule has 2 aliphatic rings. The van der Waals surface area contributed by atoms with Crippen LogP contribution in [-0.2, 0) is 4.79 Å². The number of fused-ring (bicyclic) bond motifs is 1. The Bertz CT molecular complexity index is 515. The molecule has 2 aliphatic heterocycles. The molecule has 0 aliphatic carbocycles. The molecule has 0 bridgehead atoms. The smallest absolute Gasteiger partial charge is 0.223 e. The van der Waals surface area contributed by atoms with Gasteiger partial charge in [0.1, 0.15) is 0 Å². The fourth-order valence-corrected chi connectivity index (χ4v) is 3.09. The van der Waals surface area contributed by atoms with Crippen molar-refractivity contribution in [2.24, 2.45) is 5.92 Å². The Hall–Kier alpha value is -1.62. The minimum Gasteiger partial charge on any atom is -0.490 e. The van der Waals surface area contributed by atoms with Gasteiger partial charge in [0, 0.05) is 11.5 Å². The summed E-state index contributed by atoms with van der Waals surface area (Å²) >= 11 is 0. The number of halogens is 1. The minimum atomic E-state index is -0.351. The topological polar surface area (TPSA) is 50.4 Å². The summed E-state index contributed by atoms with van der Waals surface area (Å²) in [5, 5.41) is 6.36. The van der Waals surface area contributed by atoms with Crippen LogP contribution in [-0.4, -0.2) is 25.6 Å². The highest BCUT2D eigenvalue weighted by atomic mass is 19.1. The molecule has 3 rings (SSSR count). The van der Waals surface area contributed by atoms with Crippen molar-refractivity contribution in [3.8, 4) is 5.75 Å². The van der Waals surface area contributed by atoms with E-state index in [9.17, 15) is 9.18 Å². The quantitative estimate of drug-likeness (QED) is 0.878. The molecule has 0 saturated carbocycles. The molecule has 2 heterocycles. The normalized spacial score (nSPS) is 22.8. The van der Waals surface area contributed by atoms with Crippen LogP contribution in [0.2, 0.25) is 0 Å². The van der Waals surface area contributed by atoms with Gasteiger partial charge in [-0.25, -0.2) is 4.39 Å². The number of hydrogen-bond donors (Lipinski definition) is 2. The molecule has 114 valence electrons. The second kappa shape index (κ2) is 6.43. The zero-order valence-corrected chi connectivity index (χ0v) is 12.0. The predicted molar refractivity (Wildman–Crippen MR) is 77.6 cm³/mol. The Morgan fingerprint density at radius 1 is 1.29 bits per heavy atom. The van der Waals surface area contributed by atoms with E-state index in [-0.39, 0.29) is 23.7 Å². The van der Waals surface area contributed by atoms with Crippen LogP contribution >= 0.6 is 0 Å². The third kappa shape index (κ3) is 3.18. The van der Waals surface area contributed by atoms with Crippen LogP contribution in [0.4, 0.5) is 4.39 Å². The molecule has 1 aromatic rings. The van der Waals surface area contributed by atoms with Gasteiger partial charge in [-0.2, -0.15) is 0 Å². The lowest BCUT2D eigenvalue weighted by Crippen LogP contribution is -2.39. The molecule has 1 atom stereocenters. The SMILES string of the molecule is O=C(NC1CCCOc2c(F)cccc21)C1CCNCC1. The number of benzene rings is 1. The van der Waals surface area contributed by atoms with E-state index in [0.717, 1.165) is 44.3 Å². The van der Waals surface area contributed by atoms with E-state index in [1.54, 1.807) is 6.07 Å². The van der Waals surface area contributed by atoms with E-state index >= 15 is 0 Å². The highest BCUT2D eigenvalue weighted by molar-refractivity contribution is 5.79. The van der Waals surface area contributed by atoms with E-state index in [0.29, 0.717) is 12.4 Å². The lowest BCUT2D eigenvalue weighted by atomic mass is 9.95. The predicted octanol–water partition coefficient (Wildman–Crippen LogP) is 2.16. The molecule has 1 saturated heterocycles. The monoisotopic (exact) mass is 292 g/mol. The van der Waals surface area contributed by atoms with Gasteiger partial charge in [-0.15, -0.1) is 0 Å². The first-order valence-corrected chi connectivity index (χ1v) is 7.68. The average Bonchev–Trinajstić information content (AvgIpc) is 2.72. The Labute approximate surface area is 124 Å². The molecular weight excluding hydrogens is 271 g/mol. The first-order chi connectivity index (χ1) is 10.3. The molecule has 5 heteroatoms. The number of ether oxygens (including phenoxy) is 1. The molecule has 1 fully saturated rings. The summed E-state index contributed by atoms with van der Waals surface area (Å²) in [6, 6.07) is 4.76. The van der Waals surface area contributed by atoms with E-state index in [4.69, 9.17) is 4.74 Å². The number of amides is 1.